The summed E-state index contributed by atoms with van der Waals surface area (Å²) >= 11 is 6.62. The Balaban J connectivity index is 2.23. The van der Waals surface area contributed by atoms with Gasteiger partial charge in [-0.05, 0) is 61.8 Å². The van der Waals surface area contributed by atoms with E-state index >= 15 is 0 Å². The number of carbonyl (C=O) groups excluding carboxylic acids is 3. The van der Waals surface area contributed by atoms with Gasteiger partial charge in [-0.25, -0.2) is 14.3 Å². The number of aryl methyl sites for hydroxylation is 2. The quantitative estimate of drug-likeness (QED) is 0.268. The van der Waals surface area contributed by atoms with Crippen LogP contribution in [0.1, 0.15) is 70.5 Å². The van der Waals surface area contributed by atoms with Crippen LogP contribution in [-0.4, -0.2) is 61.5 Å². The molecule has 3 heterocycles. The Kier molecular flexibility index (Phi) is 9.03. The minimum Gasteiger partial charge on any atom is -0.496 e. The van der Waals surface area contributed by atoms with E-state index < -0.39 is 23.4 Å². The van der Waals surface area contributed by atoms with Crippen molar-refractivity contribution in [3.63, 3.8) is 0 Å². The molecule has 3 aromatic heterocycles. The lowest BCUT2D eigenvalue weighted by Crippen LogP contribution is -2.44. The van der Waals surface area contributed by atoms with Gasteiger partial charge >= 0.3 is 12.2 Å². The molecule has 0 aliphatic rings. The summed E-state index contributed by atoms with van der Waals surface area (Å²) in [6, 6.07) is 0. The summed E-state index contributed by atoms with van der Waals surface area (Å²) in [6.07, 6.45) is 0.871. The Morgan fingerprint density at radius 1 is 1.02 bits per heavy atom. The molecule has 0 fully saturated rings. The fraction of sp³-hybridized carbons (Fsp3) is 0.519. The lowest BCUT2D eigenvalue weighted by molar-refractivity contribution is -0.107. The van der Waals surface area contributed by atoms with Crippen molar-refractivity contribution < 1.29 is 28.6 Å². The topological polar surface area (TPSA) is 139 Å². The summed E-state index contributed by atoms with van der Waals surface area (Å²) in [5, 5.41) is 4.98. The molecule has 13 heteroatoms. The van der Waals surface area contributed by atoms with Gasteiger partial charge in [0.1, 0.15) is 28.4 Å². The van der Waals surface area contributed by atoms with E-state index in [9.17, 15) is 14.4 Å². The van der Waals surface area contributed by atoms with Gasteiger partial charge in [0.05, 0.1) is 30.4 Å². The zero-order chi connectivity index (χ0) is 30.0. The Morgan fingerprint density at radius 3 is 2.15 bits per heavy atom. The first kappa shape index (κ1) is 30.7. The van der Waals surface area contributed by atoms with Gasteiger partial charge in [-0.3, -0.25) is 4.98 Å². The number of nitrogens with zero attached hydrogens (tertiary/aromatic N) is 6. The summed E-state index contributed by atoms with van der Waals surface area (Å²) in [7, 11) is 1.58. The normalized spacial score (nSPS) is 11.8. The zero-order valence-corrected chi connectivity index (χ0v) is 25.0. The highest BCUT2D eigenvalue weighted by molar-refractivity contribution is 6.34. The molecule has 12 nitrogen and oxygen atoms in total. The molecule has 0 saturated carbocycles. The molecule has 0 atom stereocenters. The van der Waals surface area contributed by atoms with E-state index in [2.05, 4.69) is 20.1 Å². The number of ether oxygens (including phenoxy) is 3. The third kappa shape index (κ3) is 7.04. The van der Waals surface area contributed by atoms with Crippen molar-refractivity contribution >= 4 is 47.1 Å². The third-order valence-electron chi connectivity index (χ3n) is 5.51. The first-order valence-corrected chi connectivity index (χ1v) is 13.1. The van der Waals surface area contributed by atoms with Crippen LogP contribution in [0.4, 0.5) is 15.5 Å². The van der Waals surface area contributed by atoms with Crippen molar-refractivity contribution in [2.75, 3.05) is 12.0 Å². The molecule has 0 N–H and O–H groups in total. The van der Waals surface area contributed by atoms with E-state index in [1.54, 1.807) is 59.5 Å². The summed E-state index contributed by atoms with van der Waals surface area (Å²) < 4.78 is 18.0. The maximum absolute atomic E-state index is 13.2. The second-order valence-electron chi connectivity index (χ2n) is 11.2. The van der Waals surface area contributed by atoms with Crippen molar-refractivity contribution in [1.82, 2.24) is 24.7 Å². The van der Waals surface area contributed by atoms with Crippen LogP contribution in [0.2, 0.25) is 5.15 Å². The van der Waals surface area contributed by atoms with Crippen molar-refractivity contribution in [3.8, 4) is 5.75 Å². The molecule has 216 valence electrons. The van der Waals surface area contributed by atoms with Crippen LogP contribution < -0.4 is 9.64 Å². The summed E-state index contributed by atoms with van der Waals surface area (Å²) in [4.78, 5) is 51.5. The molecule has 3 rings (SSSR count). The molecule has 0 aromatic carbocycles. The Hall–Kier alpha value is -3.80. The van der Waals surface area contributed by atoms with Crippen molar-refractivity contribution in [1.29, 1.82) is 0 Å². The minimum absolute atomic E-state index is 0.0598. The highest BCUT2D eigenvalue weighted by atomic mass is 35.5. The Morgan fingerprint density at radius 2 is 1.62 bits per heavy atom. The number of carbonyl (C=O) groups is 3. The van der Waals surface area contributed by atoms with E-state index in [1.807, 2.05) is 13.8 Å². The van der Waals surface area contributed by atoms with Crippen LogP contribution in [0.25, 0.3) is 11.0 Å². The number of fused-ring (bicyclic) bond motifs is 1. The molecule has 2 amide bonds. The number of pyridine rings is 1. The molecule has 0 spiro atoms. The maximum atomic E-state index is 13.2. The van der Waals surface area contributed by atoms with E-state index in [0.717, 1.165) is 17.4 Å². The van der Waals surface area contributed by atoms with Crippen LogP contribution in [-0.2, 0) is 27.2 Å². The number of rotatable bonds is 7. The average molecular weight is 575 g/mol. The molecule has 0 unspecified atom stereocenters. The van der Waals surface area contributed by atoms with Crippen LogP contribution in [0.15, 0.2) is 6.20 Å². The van der Waals surface area contributed by atoms with Crippen LogP contribution in [0.3, 0.4) is 0 Å². The van der Waals surface area contributed by atoms with Gasteiger partial charge in [0, 0.05) is 23.7 Å². The van der Waals surface area contributed by atoms with Crippen molar-refractivity contribution in [2.45, 2.75) is 86.0 Å². The molecular formula is C27H35ClN6O6. The van der Waals surface area contributed by atoms with Crippen molar-refractivity contribution in [3.05, 3.63) is 33.9 Å². The first-order chi connectivity index (χ1) is 18.6. The summed E-state index contributed by atoms with van der Waals surface area (Å²) in [5.41, 5.74) is 1.20. The molecule has 3 aromatic rings. The number of imide groups is 1. The van der Waals surface area contributed by atoms with Gasteiger partial charge in [0.25, 0.3) is 0 Å². The maximum Gasteiger partial charge on any atom is 0.427 e. The van der Waals surface area contributed by atoms with E-state index in [1.165, 1.54) is 0 Å². The highest BCUT2D eigenvalue weighted by Crippen LogP contribution is 2.31. The number of hydrogen-bond acceptors (Lipinski definition) is 10. The summed E-state index contributed by atoms with van der Waals surface area (Å²) in [6.45, 7) is 13.9. The molecular weight excluding hydrogens is 540 g/mol. The smallest absolute Gasteiger partial charge is 0.427 e. The second kappa shape index (κ2) is 11.7. The van der Waals surface area contributed by atoms with Gasteiger partial charge in [0.15, 0.2) is 5.65 Å². The lowest BCUT2D eigenvalue weighted by atomic mass is 10.1. The predicted molar refractivity (Wildman–Crippen MR) is 149 cm³/mol. The fourth-order valence-corrected chi connectivity index (χ4v) is 4.16. The largest absolute Gasteiger partial charge is 0.496 e. The zero-order valence-electron chi connectivity index (χ0n) is 24.3. The fourth-order valence-electron chi connectivity index (χ4n) is 3.90. The van der Waals surface area contributed by atoms with E-state index in [0.29, 0.717) is 27.4 Å². The third-order valence-corrected chi connectivity index (χ3v) is 5.78. The predicted octanol–water partition coefficient (Wildman–Crippen LogP) is 5.36. The molecule has 0 saturated heterocycles. The van der Waals surface area contributed by atoms with Crippen LogP contribution in [0, 0.1) is 13.8 Å². The number of aldehydes is 1. The van der Waals surface area contributed by atoms with Gasteiger partial charge in [0.2, 0.25) is 5.95 Å². The average Bonchev–Trinajstić information content (AvgIpc) is 3.15. The van der Waals surface area contributed by atoms with Gasteiger partial charge in [-0.1, -0.05) is 11.6 Å². The molecule has 0 aliphatic carbocycles. The molecule has 0 radical (unpaired) electrons. The Labute approximate surface area is 238 Å². The minimum atomic E-state index is -1.04. The standard InChI is InChI=1S/C27H35ClN6O6/c1-15-13-29-18(16(2)20(15)38-9)14-33-22-19(17(32-33)11-10-12-35)21(28)30-23(31-22)34(24(36)39-26(3,4)5)25(37)40-27(6,7)8/h12-13H,10-11,14H2,1-9H3. The SMILES string of the molecule is COc1c(C)cnc(Cn2nc(CCC=O)c3c(Cl)nc(N(C(=O)OC(C)(C)C)C(=O)OC(C)(C)C)nc32)c1C. The second-order valence-corrected chi connectivity index (χ2v) is 11.5. The number of amides is 2. The van der Waals surface area contributed by atoms with Crippen LogP contribution in [0.5, 0.6) is 5.75 Å². The van der Waals surface area contributed by atoms with Gasteiger partial charge in [-0.15, -0.1) is 4.90 Å². The van der Waals surface area contributed by atoms with Crippen molar-refractivity contribution in [2.24, 2.45) is 0 Å². The monoisotopic (exact) mass is 574 g/mol. The number of anilines is 1. The molecule has 0 aliphatic heterocycles. The number of halogens is 1. The molecule has 0 bridgehead atoms. The number of hydrogen-bond donors (Lipinski definition) is 0. The van der Waals surface area contributed by atoms with E-state index in [-0.39, 0.29) is 36.1 Å². The highest BCUT2D eigenvalue weighted by Gasteiger charge is 2.36. The van der Waals surface area contributed by atoms with Gasteiger partial charge < -0.3 is 19.0 Å². The number of aromatic nitrogens is 5. The Bertz CT molecular complexity index is 1410. The van der Waals surface area contributed by atoms with Crippen LogP contribution >= 0.6 is 11.6 Å². The van der Waals surface area contributed by atoms with Gasteiger partial charge in [-0.2, -0.15) is 15.1 Å². The number of methoxy groups -OCH3 is 1. The summed E-state index contributed by atoms with van der Waals surface area (Å²) in [5.74, 6) is 0.340. The lowest BCUT2D eigenvalue weighted by Gasteiger charge is -2.27. The van der Waals surface area contributed by atoms with E-state index in [4.69, 9.17) is 25.8 Å². The first-order valence-electron chi connectivity index (χ1n) is 12.7. The molecule has 40 heavy (non-hydrogen) atoms.